The molecule has 0 amide bonds. The number of hydrogen-bond acceptors (Lipinski definition) is 10. The lowest BCUT2D eigenvalue weighted by Crippen LogP contribution is -2.43. The van der Waals surface area contributed by atoms with Crippen molar-refractivity contribution in [1.29, 1.82) is 0 Å². The normalized spacial score (nSPS) is 19.2. The van der Waals surface area contributed by atoms with Crippen LogP contribution in [0, 0.1) is 6.92 Å². The summed E-state index contributed by atoms with van der Waals surface area (Å²) >= 11 is 0. The molecule has 254 valence electrons. The van der Waals surface area contributed by atoms with E-state index in [1.165, 1.54) is 24.8 Å². The second-order valence-corrected chi connectivity index (χ2v) is 11.3. The number of aromatic nitrogens is 2. The molecule has 5 rings (SSSR count). The maximum Gasteiger partial charge on any atom is 0.330 e. The minimum absolute atomic E-state index is 0.109. The van der Waals surface area contributed by atoms with Crippen LogP contribution in [-0.2, 0) is 34.1 Å². The third-order valence-electron chi connectivity index (χ3n) is 8.24. The van der Waals surface area contributed by atoms with Crippen LogP contribution in [0.4, 0.5) is 0 Å². The third kappa shape index (κ3) is 7.21. The van der Waals surface area contributed by atoms with Crippen molar-refractivity contribution in [2.24, 2.45) is 0 Å². The van der Waals surface area contributed by atoms with Crippen molar-refractivity contribution < 1.29 is 38.0 Å². The average Bonchev–Trinajstić information content (AvgIpc) is 3.43. The summed E-state index contributed by atoms with van der Waals surface area (Å²) in [7, 11) is 4.73. The van der Waals surface area contributed by atoms with Crippen LogP contribution in [0.1, 0.15) is 35.4 Å². The molecule has 0 radical (unpaired) electrons. The van der Waals surface area contributed by atoms with Gasteiger partial charge in [0.1, 0.15) is 29.3 Å². The molecule has 1 aliphatic rings. The quantitative estimate of drug-likeness (QED) is 0.121. The summed E-state index contributed by atoms with van der Waals surface area (Å²) in [5.74, 6) is 0.772. The fourth-order valence-electron chi connectivity index (χ4n) is 5.90. The number of methoxy groups -OCH3 is 3. The molecule has 4 atom stereocenters. The molecule has 0 bridgehead atoms. The minimum Gasteiger partial charge on any atom is -0.497 e. The van der Waals surface area contributed by atoms with Crippen molar-refractivity contribution in [2.45, 2.75) is 44.0 Å². The number of nitrogens with zero attached hydrogens (tertiary/aromatic N) is 1. The van der Waals surface area contributed by atoms with Gasteiger partial charge < -0.3 is 33.2 Å². The zero-order valence-electron chi connectivity index (χ0n) is 27.5. The highest BCUT2D eigenvalue weighted by Gasteiger charge is 2.50. The van der Waals surface area contributed by atoms with E-state index in [1.807, 2.05) is 78.9 Å². The standard InChI is InChI=1S/C36H40N2O10/c1-23-21-38(35(41)37-33(23)40)34-32(45-20-19-42-3)31(47-24(2)39)30(48-34)22-46-36(25-9-7-6-8-10-25,26-11-15-28(43-4)16-12-26)27-13-17-29(44-5)18-14-27/h6-18,21,30-32,34H,19-20,22H2,1-5H3,(H,37,40,41)/t30-,31-,32-,34+/m1/s1. The Morgan fingerprint density at radius 2 is 1.42 bits per heavy atom. The van der Waals surface area contributed by atoms with Crippen molar-refractivity contribution >= 4 is 5.97 Å². The molecule has 0 aliphatic carbocycles. The van der Waals surface area contributed by atoms with Crippen LogP contribution in [0.5, 0.6) is 11.5 Å². The number of ether oxygens (including phenoxy) is 7. The molecule has 0 saturated carbocycles. The molecule has 1 saturated heterocycles. The van der Waals surface area contributed by atoms with Crippen LogP contribution in [0.25, 0.3) is 0 Å². The van der Waals surface area contributed by atoms with E-state index < -0.39 is 47.4 Å². The van der Waals surface area contributed by atoms with Crippen LogP contribution in [0.2, 0.25) is 0 Å². The minimum atomic E-state index is -1.19. The molecule has 2 heterocycles. The Labute approximate surface area is 278 Å². The summed E-state index contributed by atoms with van der Waals surface area (Å²) in [6.07, 6.45) is -2.53. The third-order valence-corrected chi connectivity index (χ3v) is 8.24. The summed E-state index contributed by atoms with van der Waals surface area (Å²) in [6, 6.07) is 24.8. The Morgan fingerprint density at radius 3 is 1.96 bits per heavy atom. The van der Waals surface area contributed by atoms with Crippen LogP contribution >= 0.6 is 0 Å². The fourth-order valence-corrected chi connectivity index (χ4v) is 5.90. The maximum absolute atomic E-state index is 13.1. The molecular weight excluding hydrogens is 620 g/mol. The number of aromatic amines is 1. The van der Waals surface area contributed by atoms with Gasteiger partial charge >= 0.3 is 11.7 Å². The predicted molar refractivity (Wildman–Crippen MR) is 175 cm³/mol. The van der Waals surface area contributed by atoms with Gasteiger partial charge in [0.15, 0.2) is 12.3 Å². The van der Waals surface area contributed by atoms with Crippen molar-refractivity contribution in [3.05, 3.63) is 128 Å². The molecule has 1 fully saturated rings. The number of aryl methyl sites for hydroxylation is 1. The number of benzene rings is 3. The highest BCUT2D eigenvalue weighted by Crippen LogP contribution is 2.43. The highest BCUT2D eigenvalue weighted by atomic mass is 16.6. The van der Waals surface area contributed by atoms with E-state index in [-0.39, 0.29) is 19.8 Å². The van der Waals surface area contributed by atoms with Crippen LogP contribution in [-0.4, -0.2) is 75.0 Å². The monoisotopic (exact) mass is 660 g/mol. The molecule has 3 aromatic carbocycles. The number of esters is 1. The highest BCUT2D eigenvalue weighted by molar-refractivity contribution is 5.66. The van der Waals surface area contributed by atoms with Gasteiger partial charge in [0.05, 0.1) is 34.0 Å². The van der Waals surface area contributed by atoms with Gasteiger partial charge in [-0.1, -0.05) is 54.6 Å². The van der Waals surface area contributed by atoms with Gasteiger partial charge in [0, 0.05) is 25.8 Å². The summed E-state index contributed by atoms with van der Waals surface area (Å²) < 4.78 is 42.8. The second kappa shape index (κ2) is 15.4. The number of nitrogens with one attached hydrogen (secondary N) is 1. The molecule has 12 heteroatoms. The van der Waals surface area contributed by atoms with Gasteiger partial charge in [-0.05, 0) is 47.9 Å². The first-order chi connectivity index (χ1) is 23.2. The van der Waals surface area contributed by atoms with Crippen molar-refractivity contribution in [3.63, 3.8) is 0 Å². The fraction of sp³-hybridized carbons (Fsp3) is 0.361. The lowest BCUT2D eigenvalue weighted by molar-refractivity contribution is -0.158. The van der Waals surface area contributed by atoms with E-state index in [1.54, 1.807) is 21.1 Å². The van der Waals surface area contributed by atoms with Crippen LogP contribution < -0.4 is 20.7 Å². The second-order valence-electron chi connectivity index (χ2n) is 11.3. The molecule has 1 N–H and O–H groups in total. The van der Waals surface area contributed by atoms with E-state index >= 15 is 0 Å². The average molecular weight is 661 g/mol. The number of rotatable bonds is 14. The maximum atomic E-state index is 13.1. The Morgan fingerprint density at radius 1 is 0.833 bits per heavy atom. The topological polar surface area (TPSA) is 137 Å². The first-order valence-corrected chi connectivity index (χ1v) is 15.5. The molecule has 1 aromatic heterocycles. The van der Waals surface area contributed by atoms with E-state index in [0.717, 1.165) is 16.7 Å². The molecule has 0 spiro atoms. The van der Waals surface area contributed by atoms with Gasteiger partial charge in [-0.15, -0.1) is 0 Å². The molecule has 1 aliphatic heterocycles. The van der Waals surface area contributed by atoms with Crippen molar-refractivity contribution in [3.8, 4) is 11.5 Å². The zero-order chi connectivity index (χ0) is 34.3. The van der Waals surface area contributed by atoms with E-state index in [9.17, 15) is 14.4 Å². The summed E-state index contributed by atoms with van der Waals surface area (Å²) in [4.78, 5) is 40.1. The lowest BCUT2D eigenvalue weighted by Gasteiger charge is -2.37. The van der Waals surface area contributed by atoms with Gasteiger partial charge in [-0.25, -0.2) is 4.79 Å². The Bertz CT molecular complexity index is 1720. The van der Waals surface area contributed by atoms with Crippen molar-refractivity contribution in [2.75, 3.05) is 41.2 Å². The van der Waals surface area contributed by atoms with Gasteiger partial charge in [0.2, 0.25) is 0 Å². The summed E-state index contributed by atoms with van der Waals surface area (Å²) in [6.45, 7) is 3.11. The van der Waals surface area contributed by atoms with E-state index in [4.69, 9.17) is 33.2 Å². The first kappa shape index (κ1) is 34.6. The molecule has 0 unspecified atom stereocenters. The molecule has 4 aromatic rings. The molecule has 12 nitrogen and oxygen atoms in total. The Hall–Kier alpha value is -4.75. The Kier molecular flexibility index (Phi) is 11.1. The number of hydrogen-bond donors (Lipinski definition) is 1. The van der Waals surface area contributed by atoms with Crippen LogP contribution in [0.3, 0.4) is 0 Å². The van der Waals surface area contributed by atoms with Gasteiger partial charge in [0.25, 0.3) is 5.56 Å². The summed E-state index contributed by atoms with van der Waals surface area (Å²) in [5.41, 5.74) is 0.277. The number of H-pyrrole nitrogens is 1. The van der Waals surface area contributed by atoms with Crippen molar-refractivity contribution in [1.82, 2.24) is 9.55 Å². The van der Waals surface area contributed by atoms with E-state index in [2.05, 4.69) is 4.98 Å². The van der Waals surface area contributed by atoms with Gasteiger partial charge in [-0.2, -0.15) is 0 Å². The molecule has 48 heavy (non-hydrogen) atoms. The van der Waals surface area contributed by atoms with E-state index in [0.29, 0.717) is 17.1 Å². The summed E-state index contributed by atoms with van der Waals surface area (Å²) in [5, 5.41) is 0. The first-order valence-electron chi connectivity index (χ1n) is 15.5. The number of carbonyl (C=O) groups excluding carboxylic acids is 1. The number of carbonyl (C=O) groups is 1. The smallest absolute Gasteiger partial charge is 0.330 e. The largest absolute Gasteiger partial charge is 0.497 e. The van der Waals surface area contributed by atoms with Crippen LogP contribution in [0.15, 0.2) is 94.6 Å². The Balaban J connectivity index is 1.62. The lowest BCUT2D eigenvalue weighted by atomic mass is 9.80. The molecular formula is C36H40N2O10. The van der Waals surface area contributed by atoms with Gasteiger partial charge in [-0.3, -0.25) is 19.1 Å². The zero-order valence-corrected chi connectivity index (χ0v) is 27.5. The predicted octanol–water partition coefficient (Wildman–Crippen LogP) is 3.73. The SMILES string of the molecule is COCCO[C@@H]1[C@H](OC(C)=O)[C@@H](COC(c2ccccc2)(c2ccc(OC)cc2)c2ccc(OC)cc2)O[C@@H]1n1cc(C)c(=O)[nH]c1=O.